The lowest BCUT2D eigenvalue weighted by Gasteiger charge is -2.10. The van der Waals surface area contributed by atoms with Crippen LogP contribution in [0.3, 0.4) is 0 Å². The van der Waals surface area contributed by atoms with Crippen molar-refractivity contribution in [3.8, 4) is 0 Å². The number of aromatic nitrogens is 2. The highest BCUT2D eigenvalue weighted by Gasteiger charge is 2.16. The SMILES string of the molecule is O=C(O)c1nc(CN2CCCC2)ns1. The highest BCUT2D eigenvalue weighted by molar-refractivity contribution is 7.07. The smallest absolute Gasteiger partial charge is 0.366 e. The fraction of sp³-hybridized carbons (Fsp3) is 0.625. The number of nitrogens with zero attached hydrogens (tertiary/aromatic N) is 3. The molecule has 0 aliphatic carbocycles. The maximum Gasteiger partial charge on any atom is 0.366 e. The molecule has 6 heteroatoms. The summed E-state index contributed by atoms with van der Waals surface area (Å²) in [6, 6.07) is 0. The summed E-state index contributed by atoms with van der Waals surface area (Å²) in [6.07, 6.45) is 2.44. The van der Waals surface area contributed by atoms with Gasteiger partial charge in [0, 0.05) is 0 Å². The van der Waals surface area contributed by atoms with Gasteiger partial charge in [-0.15, -0.1) is 0 Å². The molecule has 1 fully saturated rings. The molecule has 14 heavy (non-hydrogen) atoms. The highest BCUT2D eigenvalue weighted by Crippen LogP contribution is 2.12. The predicted molar refractivity (Wildman–Crippen MR) is 51.4 cm³/mol. The number of carboxylic acids is 1. The molecule has 0 amide bonds. The molecule has 1 aromatic rings. The fourth-order valence-corrected chi connectivity index (χ4v) is 2.06. The molecule has 5 nitrogen and oxygen atoms in total. The first-order valence-corrected chi connectivity index (χ1v) is 5.31. The van der Waals surface area contributed by atoms with Crippen molar-refractivity contribution in [2.24, 2.45) is 0 Å². The molecule has 0 unspecified atom stereocenters. The van der Waals surface area contributed by atoms with E-state index in [1.165, 1.54) is 12.8 Å². The molecule has 2 rings (SSSR count). The standard InChI is InChI=1S/C8H11N3O2S/c12-8(13)7-9-6(10-14-7)5-11-3-1-2-4-11/h1-5H2,(H,12,13). The Hall–Kier alpha value is -1.01. The van der Waals surface area contributed by atoms with Crippen LogP contribution in [0.25, 0.3) is 0 Å². The van der Waals surface area contributed by atoms with Crippen LogP contribution in [0.15, 0.2) is 0 Å². The first kappa shape index (κ1) is 9.54. The van der Waals surface area contributed by atoms with Crippen LogP contribution < -0.4 is 0 Å². The summed E-state index contributed by atoms with van der Waals surface area (Å²) in [7, 11) is 0. The quantitative estimate of drug-likeness (QED) is 0.805. The van der Waals surface area contributed by atoms with Crippen LogP contribution in [0.1, 0.15) is 28.5 Å². The third-order valence-corrected chi connectivity index (χ3v) is 2.96. The normalized spacial score (nSPS) is 17.4. The maximum absolute atomic E-state index is 10.5. The van der Waals surface area contributed by atoms with Crippen LogP contribution in [-0.4, -0.2) is 38.4 Å². The Bertz CT molecular complexity index is 333. The zero-order valence-electron chi connectivity index (χ0n) is 7.64. The minimum absolute atomic E-state index is 0.0826. The van der Waals surface area contributed by atoms with E-state index in [1.54, 1.807) is 0 Å². The first-order chi connectivity index (χ1) is 6.75. The molecule has 0 radical (unpaired) electrons. The van der Waals surface area contributed by atoms with E-state index in [1.807, 2.05) is 0 Å². The van der Waals surface area contributed by atoms with Crippen molar-refractivity contribution in [3.63, 3.8) is 0 Å². The number of aromatic carboxylic acids is 1. The highest BCUT2D eigenvalue weighted by atomic mass is 32.1. The van der Waals surface area contributed by atoms with Gasteiger partial charge in [0.15, 0.2) is 5.82 Å². The molecule has 0 aromatic carbocycles. The monoisotopic (exact) mass is 213 g/mol. The van der Waals surface area contributed by atoms with E-state index in [-0.39, 0.29) is 5.01 Å². The van der Waals surface area contributed by atoms with Gasteiger partial charge in [0.05, 0.1) is 6.54 Å². The lowest BCUT2D eigenvalue weighted by molar-refractivity contribution is 0.0696. The van der Waals surface area contributed by atoms with Gasteiger partial charge in [-0.25, -0.2) is 9.78 Å². The first-order valence-electron chi connectivity index (χ1n) is 4.54. The van der Waals surface area contributed by atoms with Crippen molar-refractivity contribution < 1.29 is 9.90 Å². The van der Waals surface area contributed by atoms with Gasteiger partial charge < -0.3 is 5.11 Å². The van der Waals surface area contributed by atoms with E-state index < -0.39 is 5.97 Å². The Morgan fingerprint density at radius 1 is 1.50 bits per heavy atom. The van der Waals surface area contributed by atoms with Gasteiger partial charge in [-0.1, -0.05) is 0 Å². The van der Waals surface area contributed by atoms with Crippen molar-refractivity contribution in [1.82, 2.24) is 14.3 Å². The molecule has 0 saturated carbocycles. The Balaban J connectivity index is 1.98. The Morgan fingerprint density at radius 2 is 2.21 bits per heavy atom. The van der Waals surface area contributed by atoms with Crippen LogP contribution >= 0.6 is 11.5 Å². The molecule has 0 spiro atoms. The Labute approximate surface area is 85.6 Å². The van der Waals surface area contributed by atoms with Crippen LogP contribution in [0.5, 0.6) is 0 Å². The molecule has 0 bridgehead atoms. The maximum atomic E-state index is 10.5. The van der Waals surface area contributed by atoms with E-state index in [9.17, 15) is 4.79 Å². The van der Waals surface area contributed by atoms with Gasteiger partial charge in [-0.3, -0.25) is 4.90 Å². The summed E-state index contributed by atoms with van der Waals surface area (Å²) < 4.78 is 4.01. The Kier molecular flexibility index (Phi) is 2.74. The lowest BCUT2D eigenvalue weighted by atomic mass is 10.4. The minimum Gasteiger partial charge on any atom is -0.476 e. The second-order valence-electron chi connectivity index (χ2n) is 3.30. The average Bonchev–Trinajstić information content (AvgIpc) is 2.75. The van der Waals surface area contributed by atoms with Crippen LogP contribution in [-0.2, 0) is 6.54 Å². The summed E-state index contributed by atoms with van der Waals surface area (Å²) in [6.45, 7) is 2.83. The van der Waals surface area contributed by atoms with Gasteiger partial charge in [0.25, 0.3) is 0 Å². The zero-order valence-corrected chi connectivity index (χ0v) is 8.46. The fourth-order valence-electron chi connectivity index (χ4n) is 1.55. The second-order valence-corrected chi connectivity index (χ2v) is 4.06. The molecule has 1 N–H and O–H groups in total. The molecular formula is C8H11N3O2S. The van der Waals surface area contributed by atoms with Gasteiger partial charge >= 0.3 is 5.97 Å². The van der Waals surface area contributed by atoms with Crippen LogP contribution in [0.2, 0.25) is 0 Å². The van der Waals surface area contributed by atoms with Crippen LogP contribution in [0.4, 0.5) is 0 Å². The summed E-state index contributed by atoms with van der Waals surface area (Å²) in [5, 5.41) is 8.74. The van der Waals surface area contributed by atoms with Gasteiger partial charge in [0.1, 0.15) is 0 Å². The number of hydrogen-bond donors (Lipinski definition) is 1. The topological polar surface area (TPSA) is 66.3 Å². The van der Waals surface area contributed by atoms with E-state index in [0.717, 1.165) is 24.6 Å². The molecular weight excluding hydrogens is 202 g/mol. The molecule has 1 aliphatic heterocycles. The van der Waals surface area contributed by atoms with Gasteiger partial charge in [-0.2, -0.15) is 4.37 Å². The molecule has 0 atom stereocenters. The lowest BCUT2D eigenvalue weighted by Crippen LogP contribution is -2.19. The zero-order chi connectivity index (χ0) is 9.97. The number of hydrogen-bond acceptors (Lipinski definition) is 5. The van der Waals surface area contributed by atoms with E-state index in [2.05, 4.69) is 14.3 Å². The number of carbonyl (C=O) groups is 1. The largest absolute Gasteiger partial charge is 0.476 e. The summed E-state index contributed by atoms with van der Waals surface area (Å²) >= 11 is 0.954. The van der Waals surface area contributed by atoms with Crippen LogP contribution in [0, 0.1) is 0 Å². The third-order valence-electron chi connectivity index (χ3n) is 2.21. The van der Waals surface area contributed by atoms with E-state index in [4.69, 9.17) is 5.11 Å². The summed E-state index contributed by atoms with van der Waals surface area (Å²) in [4.78, 5) is 16.7. The number of rotatable bonds is 3. The molecule has 1 aromatic heterocycles. The summed E-state index contributed by atoms with van der Waals surface area (Å²) in [5.41, 5.74) is 0. The van der Waals surface area contributed by atoms with Gasteiger partial charge in [-0.05, 0) is 37.5 Å². The Morgan fingerprint density at radius 3 is 2.79 bits per heavy atom. The summed E-state index contributed by atoms with van der Waals surface area (Å²) in [5.74, 6) is -0.357. The predicted octanol–water partition coefficient (Wildman–Crippen LogP) is 0.832. The van der Waals surface area contributed by atoms with Crippen molar-refractivity contribution >= 4 is 17.5 Å². The molecule has 1 aliphatic rings. The van der Waals surface area contributed by atoms with Crippen molar-refractivity contribution in [2.45, 2.75) is 19.4 Å². The van der Waals surface area contributed by atoms with E-state index >= 15 is 0 Å². The second kappa shape index (κ2) is 4.02. The van der Waals surface area contributed by atoms with Crippen molar-refractivity contribution in [3.05, 3.63) is 10.8 Å². The van der Waals surface area contributed by atoms with Crippen molar-refractivity contribution in [1.29, 1.82) is 0 Å². The number of carboxylic acid groups (broad SMARTS) is 1. The third kappa shape index (κ3) is 2.08. The van der Waals surface area contributed by atoms with Gasteiger partial charge in [0.2, 0.25) is 5.01 Å². The average molecular weight is 213 g/mol. The molecule has 2 heterocycles. The molecule has 1 saturated heterocycles. The van der Waals surface area contributed by atoms with E-state index in [0.29, 0.717) is 12.4 Å². The van der Waals surface area contributed by atoms with Crippen molar-refractivity contribution in [2.75, 3.05) is 13.1 Å². The molecule has 76 valence electrons. The number of likely N-dealkylation sites (tertiary alicyclic amines) is 1. The minimum atomic E-state index is -0.991.